The number of ether oxygens (including phenoxy) is 1. The summed E-state index contributed by atoms with van der Waals surface area (Å²) in [6.45, 7) is 0. The number of allylic oxidation sites excluding steroid dienone is 2. The SMILES string of the molecule is COc1ccc(Cl)cc1NC(=O)[C@H]1[C@@H](C(=O)O)[C@@H]2C=C[C@H]1C2. The molecule has 1 fully saturated rings. The van der Waals surface area contributed by atoms with Crippen LogP contribution in [-0.4, -0.2) is 24.1 Å². The van der Waals surface area contributed by atoms with Crippen molar-refractivity contribution in [2.24, 2.45) is 23.7 Å². The number of nitrogens with one attached hydrogen (secondary N) is 1. The number of carbonyl (C=O) groups excluding carboxylic acids is 1. The summed E-state index contributed by atoms with van der Waals surface area (Å²) < 4.78 is 5.20. The topological polar surface area (TPSA) is 75.6 Å². The van der Waals surface area contributed by atoms with Crippen molar-refractivity contribution in [1.29, 1.82) is 0 Å². The lowest BCUT2D eigenvalue weighted by atomic mass is 9.82. The first kappa shape index (κ1) is 14.9. The van der Waals surface area contributed by atoms with Crippen molar-refractivity contribution in [3.63, 3.8) is 0 Å². The van der Waals surface area contributed by atoms with Crippen LogP contribution in [0.4, 0.5) is 5.69 Å². The third kappa shape index (κ3) is 2.46. The number of anilines is 1. The molecule has 0 spiro atoms. The van der Waals surface area contributed by atoms with Crippen molar-refractivity contribution < 1.29 is 19.4 Å². The number of fused-ring (bicyclic) bond motifs is 2. The fourth-order valence-electron chi connectivity index (χ4n) is 3.51. The van der Waals surface area contributed by atoms with Gasteiger partial charge in [0.15, 0.2) is 0 Å². The summed E-state index contributed by atoms with van der Waals surface area (Å²) >= 11 is 5.95. The molecule has 22 heavy (non-hydrogen) atoms. The Morgan fingerprint density at radius 2 is 1.95 bits per heavy atom. The van der Waals surface area contributed by atoms with E-state index in [9.17, 15) is 14.7 Å². The molecule has 116 valence electrons. The van der Waals surface area contributed by atoms with Crippen LogP contribution in [0.5, 0.6) is 5.75 Å². The van der Waals surface area contributed by atoms with Gasteiger partial charge in [0.2, 0.25) is 5.91 Å². The molecule has 0 saturated heterocycles. The molecule has 6 heteroatoms. The van der Waals surface area contributed by atoms with Crippen LogP contribution in [0.2, 0.25) is 5.02 Å². The highest BCUT2D eigenvalue weighted by Gasteiger charge is 2.51. The molecule has 1 aromatic rings. The van der Waals surface area contributed by atoms with E-state index in [1.807, 2.05) is 12.2 Å². The number of hydrogen-bond acceptors (Lipinski definition) is 3. The minimum atomic E-state index is -0.921. The lowest BCUT2D eigenvalue weighted by Gasteiger charge is -2.24. The van der Waals surface area contributed by atoms with Gasteiger partial charge in [-0.2, -0.15) is 0 Å². The highest BCUT2D eigenvalue weighted by molar-refractivity contribution is 6.31. The maximum absolute atomic E-state index is 12.6. The van der Waals surface area contributed by atoms with Crippen molar-refractivity contribution in [3.05, 3.63) is 35.4 Å². The molecule has 2 N–H and O–H groups in total. The van der Waals surface area contributed by atoms with Crippen LogP contribution in [-0.2, 0) is 9.59 Å². The Hall–Kier alpha value is -2.01. The van der Waals surface area contributed by atoms with Crippen LogP contribution < -0.4 is 10.1 Å². The zero-order chi connectivity index (χ0) is 15.9. The second kappa shape index (κ2) is 5.65. The second-order valence-electron chi connectivity index (χ2n) is 5.67. The van der Waals surface area contributed by atoms with E-state index in [1.165, 1.54) is 7.11 Å². The first-order chi connectivity index (χ1) is 10.5. The molecule has 4 atom stereocenters. The van der Waals surface area contributed by atoms with Crippen molar-refractivity contribution in [2.45, 2.75) is 6.42 Å². The fourth-order valence-corrected chi connectivity index (χ4v) is 3.68. The van der Waals surface area contributed by atoms with Gasteiger partial charge in [0, 0.05) is 5.02 Å². The standard InChI is InChI=1S/C16H16ClNO4/c1-22-12-5-4-10(17)7-11(12)18-15(19)13-8-2-3-9(6-8)14(13)16(20)21/h2-5,7-9,13-14H,6H2,1H3,(H,18,19)(H,20,21)/t8-,9+,13+,14-/m0/s1. The largest absolute Gasteiger partial charge is 0.495 e. The summed E-state index contributed by atoms with van der Waals surface area (Å²) in [6, 6.07) is 4.92. The summed E-state index contributed by atoms with van der Waals surface area (Å²) in [4.78, 5) is 24.1. The molecule has 0 aromatic heterocycles. The van der Waals surface area contributed by atoms with Gasteiger partial charge in [-0.25, -0.2) is 0 Å². The van der Waals surface area contributed by atoms with Crippen LogP contribution in [0.3, 0.4) is 0 Å². The summed E-state index contributed by atoms with van der Waals surface area (Å²) in [5.41, 5.74) is 0.455. The number of benzene rings is 1. The molecule has 1 aromatic carbocycles. The van der Waals surface area contributed by atoms with E-state index in [4.69, 9.17) is 16.3 Å². The minimum Gasteiger partial charge on any atom is -0.495 e. The Labute approximate surface area is 132 Å². The molecule has 3 rings (SSSR count). The minimum absolute atomic E-state index is 0.0173. The number of carboxylic acids is 1. The van der Waals surface area contributed by atoms with E-state index in [2.05, 4.69) is 5.32 Å². The number of amides is 1. The van der Waals surface area contributed by atoms with Crippen molar-refractivity contribution in [3.8, 4) is 5.75 Å². The number of rotatable bonds is 4. The maximum atomic E-state index is 12.6. The maximum Gasteiger partial charge on any atom is 0.307 e. The van der Waals surface area contributed by atoms with Crippen molar-refractivity contribution in [2.75, 3.05) is 12.4 Å². The van der Waals surface area contributed by atoms with Crippen LogP contribution in [0.25, 0.3) is 0 Å². The third-order valence-corrected chi connectivity index (χ3v) is 4.70. The Bertz CT molecular complexity index is 658. The van der Waals surface area contributed by atoms with E-state index >= 15 is 0 Å². The molecule has 0 radical (unpaired) electrons. The molecule has 1 saturated carbocycles. The second-order valence-corrected chi connectivity index (χ2v) is 6.11. The number of aliphatic carboxylic acids is 1. The van der Waals surface area contributed by atoms with E-state index in [0.717, 1.165) is 6.42 Å². The average Bonchev–Trinajstić information content (AvgIpc) is 3.08. The molecular weight excluding hydrogens is 306 g/mol. The highest BCUT2D eigenvalue weighted by Crippen LogP contribution is 2.48. The predicted octanol–water partition coefficient (Wildman–Crippen LogP) is 2.81. The van der Waals surface area contributed by atoms with Crippen LogP contribution in [0, 0.1) is 23.7 Å². The van der Waals surface area contributed by atoms with Gasteiger partial charge in [-0.1, -0.05) is 23.8 Å². The van der Waals surface area contributed by atoms with Crippen molar-refractivity contribution in [1.82, 2.24) is 0 Å². The Balaban J connectivity index is 1.84. The Morgan fingerprint density at radius 1 is 1.27 bits per heavy atom. The first-order valence-corrected chi connectivity index (χ1v) is 7.44. The molecule has 2 aliphatic rings. The number of halogens is 1. The molecule has 0 unspecified atom stereocenters. The number of carbonyl (C=O) groups is 2. The zero-order valence-electron chi connectivity index (χ0n) is 12.0. The molecular formula is C16H16ClNO4. The van der Waals surface area contributed by atoms with Gasteiger partial charge in [-0.15, -0.1) is 0 Å². The normalized spacial score (nSPS) is 28.6. The summed E-state index contributed by atoms with van der Waals surface area (Å²) in [5, 5.41) is 12.6. The monoisotopic (exact) mass is 321 g/mol. The number of hydrogen-bond donors (Lipinski definition) is 2. The van der Waals surface area contributed by atoms with Gasteiger partial charge in [0.25, 0.3) is 0 Å². The van der Waals surface area contributed by atoms with Crippen LogP contribution in [0.1, 0.15) is 6.42 Å². The Kier molecular flexibility index (Phi) is 3.83. The summed E-state index contributed by atoms with van der Waals surface area (Å²) in [6.07, 6.45) is 4.58. The molecule has 1 amide bonds. The van der Waals surface area contributed by atoms with E-state index in [0.29, 0.717) is 16.5 Å². The highest BCUT2D eigenvalue weighted by atomic mass is 35.5. The van der Waals surface area contributed by atoms with Crippen LogP contribution >= 0.6 is 11.6 Å². The van der Waals surface area contributed by atoms with Gasteiger partial charge < -0.3 is 15.2 Å². The summed E-state index contributed by atoms with van der Waals surface area (Å²) in [7, 11) is 1.50. The Morgan fingerprint density at radius 3 is 2.59 bits per heavy atom. The molecule has 0 aliphatic heterocycles. The molecule has 2 aliphatic carbocycles. The lowest BCUT2D eigenvalue weighted by molar-refractivity contribution is -0.146. The van der Waals surface area contributed by atoms with E-state index < -0.39 is 17.8 Å². The molecule has 2 bridgehead atoms. The summed E-state index contributed by atoms with van der Waals surface area (Å²) in [5.74, 6) is -2.03. The zero-order valence-corrected chi connectivity index (χ0v) is 12.7. The molecule has 5 nitrogen and oxygen atoms in total. The first-order valence-electron chi connectivity index (χ1n) is 7.07. The quantitative estimate of drug-likeness (QED) is 0.836. The van der Waals surface area contributed by atoms with E-state index in [1.54, 1.807) is 18.2 Å². The van der Waals surface area contributed by atoms with Gasteiger partial charge >= 0.3 is 5.97 Å². The number of methoxy groups -OCH3 is 1. The fraction of sp³-hybridized carbons (Fsp3) is 0.375. The van der Waals surface area contributed by atoms with Gasteiger partial charge in [0.05, 0.1) is 24.6 Å². The van der Waals surface area contributed by atoms with Gasteiger partial charge in [-0.3, -0.25) is 9.59 Å². The van der Waals surface area contributed by atoms with E-state index in [-0.39, 0.29) is 17.7 Å². The van der Waals surface area contributed by atoms with Crippen LogP contribution in [0.15, 0.2) is 30.4 Å². The average molecular weight is 322 g/mol. The number of carboxylic acid groups (broad SMARTS) is 1. The van der Waals surface area contributed by atoms with Gasteiger partial charge in [-0.05, 0) is 36.5 Å². The smallest absolute Gasteiger partial charge is 0.307 e. The molecule has 0 heterocycles. The van der Waals surface area contributed by atoms with Crippen molar-refractivity contribution >= 4 is 29.2 Å². The third-order valence-electron chi connectivity index (χ3n) is 4.47. The predicted molar refractivity (Wildman–Crippen MR) is 82.0 cm³/mol. The lowest BCUT2D eigenvalue weighted by Crippen LogP contribution is -2.36. The van der Waals surface area contributed by atoms with Gasteiger partial charge in [0.1, 0.15) is 5.75 Å².